The van der Waals surface area contributed by atoms with Gasteiger partial charge >= 0.3 is 0 Å². The minimum Gasteiger partial charge on any atom is -0.421 e. The van der Waals surface area contributed by atoms with Crippen molar-refractivity contribution in [1.29, 1.82) is 0 Å². The number of nitrogens with zero attached hydrogens (tertiary/aromatic N) is 2. The van der Waals surface area contributed by atoms with E-state index in [2.05, 4.69) is 15.5 Å². The van der Waals surface area contributed by atoms with E-state index in [1.165, 1.54) is 6.92 Å². The third kappa shape index (κ3) is 3.16. The number of amides is 1. The van der Waals surface area contributed by atoms with Gasteiger partial charge in [-0.05, 0) is 19.1 Å². The molecule has 2 aromatic rings. The largest absolute Gasteiger partial charge is 0.421 e. The first-order valence-corrected chi connectivity index (χ1v) is 5.79. The molecule has 5 nitrogen and oxygen atoms in total. The number of aromatic nitrogens is 2. The van der Waals surface area contributed by atoms with Crippen molar-refractivity contribution in [3.8, 4) is 11.5 Å². The number of hydrogen-bond acceptors (Lipinski definition) is 4. The van der Waals surface area contributed by atoms with Crippen LogP contribution < -0.4 is 5.32 Å². The van der Waals surface area contributed by atoms with Gasteiger partial charge < -0.3 is 9.73 Å². The second-order valence-electron chi connectivity index (χ2n) is 4.10. The molecule has 18 heavy (non-hydrogen) atoms. The maximum Gasteiger partial charge on any atom is 0.247 e. The third-order valence-corrected chi connectivity index (χ3v) is 2.44. The Morgan fingerprint density at radius 2 is 2.22 bits per heavy atom. The van der Waals surface area contributed by atoms with E-state index in [9.17, 15) is 4.79 Å². The molecule has 0 unspecified atom stereocenters. The lowest BCUT2D eigenvalue weighted by Gasteiger charge is -1.98. The molecule has 1 aromatic heterocycles. The number of carbonyl (C=O) groups is 1. The van der Waals surface area contributed by atoms with Gasteiger partial charge in [-0.1, -0.05) is 17.7 Å². The molecule has 0 bridgehead atoms. The van der Waals surface area contributed by atoms with Crippen LogP contribution in [0.3, 0.4) is 0 Å². The van der Waals surface area contributed by atoms with Crippen molar-refractivity contribution in [3.63, 3.8) is 0 Å². The molecule has 0 saturated carbocycles. The summed E-state index contributed by atoms with van der Waals surface area (Å²) in [6.07, 6.45) is 0.540. The summed E-state index contributed by atoms with van der Waals surface area (Å²) >= 11 is 0. The maximum absolute atomic E-state index is 10.7. The number of benzene rings is 1. The fourth-order valence-corrected chi connectivity index (χ4v) is 1.59. The maximum atomic E-state index is 10.7. The number of hydrogen-bond donors (Lipinski definition) is 1. The molecule has 0 aliphatic rings. The van der Waals surface area contributed by atoms with Crippen molar-refractivity contribution in [2.45, 2.75) is 20.3 Å². The Morgan fingerprint density at radius 1 is 1.39 bits per heavy atom. The highest BCUT2D eigenvalue weighted by Crippen LogP contribution is 2.18. The van der Waals surface area contributed by atoms with Gasteiger partial charge in [0.25, 0.3) is 0 Å². The van der Waals surface area contributed by atoms with Crippen molar-refractivity contribution in [2.24, 2.45) is 0 Å². The zero-order valence-corrected chi connectivity index (χ0v) is 10.4. The predicted molar refractivity (Wildman–Crippen MR) is 66.9 cm³/mol. The SMILES string of the molecule is CC(=O)NCCc1nnc(-c2cccc(C)c2)o1. The van der Waals surface area contributed by atoms with E-state index in [-0.39, 0.29) is 5.91 Å². The molecule has 1 aromatic carbocycles. The minimum atomic E-state index is -0.0616. The molecule has 0 radical (unpaired) electrons. The molecule has 0 fully saturated rings. The first-order chi connectivity index (χ1) is 8.65. The molecule has 0 aliphatic heterocycles. The summed E-state index contributed by atoms with van der Waals surface area (Å²) in [6, 6.07) is 7.88. The Morgan fingerprint density at radius 3 is 2.94 bits per heavy atom. The van der Waals surface area contributed by atoms with Crippen LogP contribution in [-0.4, -0.2) is 22.6 Å². The number of rotatable bonds is 4. The van der Waals surface area contributed by atoms with Crippen LogP contribution in [0.1, 0.15) is 18.4 Å². The predicted octanol–water partition coefficient (Wildman–Crippen LogP) is 1.72. The summed E-state index contributed by atoms with van der Waals surface area (Å²) in [7, 11) is 0. The molecule has 1 amide bonds. The monoisotopic (exact) mass is 245 g/mol. The average Bonchev–Trinajstić information content (AvgIpc) is 2.77. The van der Waals surface area contributed by atoms with Gasteiger partial charge in [0.1, 0.15) is 0 Å². The van der Waals surface area contributed by atoms with E-state index in [0.29, 0.717) is 24.7 Å². The van der Waals surface area contributed by atoms with Crippen LogP contribution >= 0.6 is 0 Å². The second kappa shape index (κ2) is 5.44. The lowest BCUT2D eigenvalue weighted by Crippen LogP contribution is -2.22. The normalized spacial score (nSPS) is 10.3. The molecular formula is C13H15N3O2. The summed E-state index contributed by atoms with van der Waals surface area (Å²) in [4.78, 5) is 10.7. The zero-order valence-electron chi connectivity index (χ0n) is 10.4. The van der Waals surface area contributed by atoms with Crippen molar-refractivity contribution in [1.82, 2.24) is 15.5 Å². The molecular weight excluding hydrogens is 230 g/mol. The van der Waals surface area contributed by atoms with Crippen LogP contribution in [0, 0.1) is 6.92 Å². The number of nitrogens with one attached hydrogen (secondary N) is 1. The summed E-state index contributed by atoms with van der Waals surface area (Å²) in [5, 5.41) is 10.6. The average molecular weight is 245 g/mol. The fourth-order valence-electron chi connectivity index (χ4n) is 1.59. The van der Waals surface area contributed by atoms with Gasteiger partial charge in [0, 0.05) is 25.5 Å². The first kappa shape index (κ1) is 12.3. The van der Waals surface area contributed by atoms with E-state index in [1.807, 2.05) is 31.2 Å². The van der Waals surface area contributed by atoms with Crippen LogP contribution in [0.15, 0.2) is 28.7 Å². The first-order valence-electron chi connectivity index (χ1n) is 5.79. The van der Waals surface area contributed by atoms with E-state index < -0.39 is 0 Å². The highest BCUT2D eigenvalue weighted by atomic mass is 16.4. The van der Waals surface area contributed by atoms with Gasteiger partial charge in [0.15, 0.2) is 0 Å². The Labute approximate surface area is 105 Å². The Kier molecular flexibility index (Phi) is 3.72. The van der Waals surface area contributed by atoms with Crippen LogP contribution in [0.5, 0.6) is 0 Å². The molecule has 94 valence electrons. The molecule has 1 N–H and O–H groups in total. The van der Waals surface area contributed by atoms with E-state index >= 15 is 0 Å². The van der Waals surface area contributed by atoms with Gasteiger partial charge in [0.2, 0.25) is 17.7 Å². The highest BCUT2D eigenvalue weighted by Gasteiger charge is 2.08. The quantitative estimate of drug-likeness (QED) is 0.890. The van der Waals surface area contributed by atoms with Crippen molar-refractivity contribution in [2.75, 3.05) is 6.54 Å². The van der Waals surface area contributed by atoms with Crippen molar-refractivity contribution >= 4 is 5.91 Å². The molecule has 5 heteroatoms. The smallest absolute Gasteiger partial charge is 0.247 e. The zero-order chi connectivity index (χ0) is 13.0. The minimum absolute atomic E-state index is 0.0616. The summed E-state index contributed by atoms with van der Waals surface area (Å²) in [6.45, 7) is 3.99. The summed E-state index contributed by atoms with van der Waals surface area (Å²) in [5.74, 6) is 0.977. The van der Waals surface area contributed by atoms with Gasteiger partial charge in [-0.15, -0.1) is 10.2 Å². The molecule has 2 rings (SSSR count). The summed E-state index contributed by atoms with van der Waals surface area (Å²) in [5.41, 5.74) is 2.05. The topological polar surface area (TPSA) is 68.0 Å². The van der Waals surface area contributed by atoms with Crippen LogP contribution in [0.25, 0.3) is 11.5 Å². The standard InChI is InChI=1S/C13H15N3O2/c1-9-4-3-5-11(8-9)13-16-15-12(18-13)6-7-14-10(2)17/h3-5,8H,6-7H2,1-2H3,(H,14,17). The lowest BCUT2D eigenvalue weighted by atomic mass is 10.1. The van der Waals surface area contributed by atoms with Gasteiger partial charge in [-0.2, -0.15) is 0 Å². The Balaban J connectivity index is 2.04. The van der Waals surface area contributed by atoms with E-state index in [1.54, 1.807) is 0 Å². The van der Waals surface area contributed by atoms with Crippen LogP contribution in [0.4, 0.5) is 0 Å². The van der Waals surface area contributed by atoms with Crippen molar-refractivity contribution in [3.05, 3.63) is 35.7 Å². The fraction of sp³-hybridized carbons (Fsp3) is 0.308. The molecule has 0 saturated heterocycles. The number of carbonyl (C=O) groups excluding carboxylic acids is 1. The number of aryl methyl sites for hydroxylation is 1. The van der Waals surface area contributed by atoms with Crippen molar-refractivity contribution < 1.29 is 9.21 Å². The molecule has 1 heterocycles. The lowest BCUT2D eigenvalue weighted by molar-refractivity contribution is -0.118. The van der Waals surface area contributed by atoms with Crippen LogP contribution in [0.2, 0.25) is 0 Å². The van der Waals surface area contributed by atoms with E-state index in [0.717, 1.165) is 11.1 Å². The molecule has 0 spiro atoms. The third-order valence-electron chi connectivity index (χ3n) is 2.44. The molecule has 0 atom stereocenters. The highest BCUT2D eigenvalue weighted by molar-refractivity contribution is 5.72. The van der Waals surface area contributed by atoms with Gasteiger partial charge in [-0.25, -0.2) is 0 Å². The Bertz CT molecular complexity index is 549. The van der Waals surface area contributed by atoms with Gasteiger partial charge in [0.05, 0.1) is 0 Å². The Hall–Kier alpha value is -2.17. The second-order valence-corrected chi connectivity index (χ2v) is 4.10. The van der Waals surface area contributed by atoms with E-state index in [4.69, 9.17) is 4.42 Å². The summed E-state index contributed by atoms with van der Waals surface area (Å²) < 4.78 is 5.53. The van der Waals surface area contributed by atoms with Crippen LogP contribution in [-0.2, 0) is 11.2 Å². The molecule has 0 aliphatic carbocycles. The van der Waals surface area contributed by atoms with Gasteiger partial charge in [-0.3, -0.25) is 4.79 Å².